The molecule has 0 radical (unpaired) electrons. The van der Waals surface area contributed by atoms with Gasteiger partial charge in [-0.3, -0.25) is 0 Å². The minimum absolute atomic E-state index is 0.263. The van der Waals surface area contributed by atoms with Gasteiger partial charge in [0.05, 0.1) is 6.54 Å². The lowest BCUT2D eigenvalue weighted by atomic mass is 10.1. The van der Waals surface area contributed by atoms with Crippen LogP contribution in [0.25, 0.3) is 0 Å². The summed E-state index contributed by atoms with van der Waals surface area (Å²) in [7, 11) is -3.47. The Balaban J connectivity index is 1.97. The standard InChI is InChI=1S/C15H26N2O3S/c1-4-7-16-10-14-8-15(12(3)20-14)21(18,19)17-9-11(2)13-5-6-13/h8,11,13,16-17H,4-7,9-10H2,1-3H3. The van der Waals surface area contributed by atoms with Crippen molar-refractivity contribution in [1.29, 1.82) is 0 Å². The van der Waals surface area contributed by atoms with Gasteiger partial charge in [-0.2, -0.15) is 0 Å². The third-order valence-corrected chi connectivity index (χ3v) is 5.49. The summed E-state index contributed by atoms with van der Waals surface area (Å²) in [5.41, 5.74) is 0. The fraction of sp³-hybridized carbons (Fsp3) is 0.733. The zero-order valence-electron chi connectivity index (χ0n) is 13.1. The zero-order valence-corrected chi connectivity index (χ0v) is 13.9. The highest BCUT2D eigenvalue weighted by molar-refractivity contribution is 7.89. The molecule has 2 N–H and O–H groups in total. The lowest BCUT2D eigenvalue weighted by Crippen LogP contribution is -2.29. The van der Waals surface area contributed by atoms with E-state index in [-0.39, 0.29) is 4.90 Å². The van der Waals surface area contributed by atoms with Crippen LogP contribution in [-0.2, 0) is 16.6 Å². The Morgan fingerprint density at radius 3 is 2.76 bits per heavy atom. The van der Waals surface area contributed by atoms with E-state index >= 15 is 0 Å². The Kier molecular flexibility index (Phi) is 5.46. The molecule has 1 aromatic rings. The van der Waals surface area contributed by atoms with Crippen molar-refractivity contribution in [1.82, 2.24) is 10.0 Å². The first-order chi connectivity index (χ1) is 9.94. The molecule has 1 unspecified atom stereocenters. The third-order valence-electron chi connectivity index (χ3n) is 3.96. The van der Waals surface area contributed by atoms with Crippen LogP contribution in [0.1, 0.15) is 44.6 Å². The second-order valence-electron chi connectivity index (χ2n) is 5.98. The van der Waals surface area contributed by atoms with Crippen molar-refractivity contribution in [2.24, 2.45) is 11.8 Å². The van der Waals surface area contributed by atoms with Crippen LogP contribution in [0.15, 0.2) is 15.4 Å². The Hall–Kier alpha value is -0.850. The van der Waals surface area contributed by atoms with Gasteiger partial charge in [0.15, 0.2) is 0 Å². The van der Waals surface area contributed by atoms with Crippen molar-refractivity contribution in [3.63, 3.8) is 0 Å². The molecular weight excluding hydrogens is 288 g/mol. The molecule has 1 heterocycles. The summed E-state index contributed by atoms with van der Waals surface area (Å²) in [4.78, 5) is 0.263. The molecule has 0 amide bonds. The lowest BCUT2D eigenvalue weighted by Gasteiger charge is -2.11. The fourth-order valence-corrected chi connectivity index (χ4v) is 3.76. The maximum atomic E-state index is 12.4. The van der Waals surface area contributed by atoms with Gasteiger partial charge in [-0.05, 0) is 44.6 Å². The van der Waals surface area contributed by atoms with Gasteiger partial charge in [-0.1, -0.05) is 13.8 Å². The number of rotatable bonds is 9. The molecule has 0 aromatic carbocycles. The predicted molar refractivity (Wildman–Crippen MR) is 82.5 cm³/mol. The first-order valence-electron chi connectivity index (χ1n) is 7.73. The number of furan rings is 1. The predicted octanol–water partition coefficient (Wildman–Crippen LogP) is 2.41. The van der Waals surface area contributed by atoms with E-state index < -0.39 is 10.0 Å². The van der Waals surface area contributed by atoms with Crippen LogP contribution in [0.4, 0.5) is 0 Å². The summed E-state index contributed by atoms with van der Waals surface area (Å²) >= 11 is 0. The van der Waals surface area contributed by atoms with Gasteiger partial charge in [-0.15, -0.1) is 0 Å². The average molecular weight is 314 g/mol. The van der Waals surface area contributed by atoms with Crippen LogP contribution >= 0.6 is 0 Å². The quantitative estimate of drug-likeness (QED) is 0.687. The number of hydrogen-bond acceptors (Lipinski definition) is 4. The highest BCUT2D eigenvalue weighted by Crippen LogP contribution is 2.36. The molecule has 6 heteroatoms. The monoisotopic (exact) mass is 314 g/mol. The van der Waals surface area contributed by atoms with Crippen molar-refractivity contribution in [3.8, 4) is 0 Å². The summed E-state index contributed by atoms with van der Waals surface area (Å²) in [5, 5.41) is 3.21. The number of sulfonamides is 1. The molecule has 0 spiro atoms. The van der Waals surface area contributed by atoms with Crippen LogP contribution in [0.5, 0.6) is 0 Å². The van der Waals surface area contributed by atoms with Gasteiger partial charge in [-0.25, -0.2) is 13.1 Å². The van der Waals surface area contributed by atoms with Gasteiger partial charge >= 0.3 is 0 Å². The summed E-state index contributed by atoms with van der Waals surface area (Å²) < 4.78 is 32.9. The molecule has 1 aromatic heterocycles. The first kappa shape index (κ1) is 16.5. The second-order valence-corrected chi connectivity index (χ2v) is 7.71. The average Bonchev–Trinajstić information content (AvgIpc) is 3.20. The van der Waals surface area contributed by atoms with E-state index in [1.807, 2.05) is 0 Å². The molecule has 0 bridgehead atoms. The van der Waals surface area contributed by atoms with E-state index in [1.165, 1.54) is 12.8 Å². The lowest BCUT2D eigenvalue weighted by molar-refractivity contribution is 0.456. The highest BCUT2D eigenvalue weighted by Gasteiger charge is 2.29. The summed E-state index contributed by atoms with van der Waals surface area (Å²) in [6.45, 7) is 7.83. The van der Waals surface area contributed by atoms with E-state index in [2.05, 4.69) is 23.9 Å². The summed E-state index contributed by atoms with van der Waals surface area (Å²) in [6, 6.07) is 1.63. The Morgan fingerprint density at radius 2 is 2.14 bits per heavy atom. The molecule has 0 aliphatic heterocycles. The molecule has 0 saturated heterocycles. The van der Waals surface area contributed by atoms with Crippen LogP contribution in [0, 0.1) is 18.8 Å². The molecule has 5 nitrogen and oxygen atoms in total. The number of aryl methyl sites for hydroxylation is 1. The van der Waals surface area contributed by atoms with Gasteiger partial charge in [0, 0.05) is 12.6 Å². The van der Waals surface area contributed by atoms with Crippen molar-refractivity contribution < 1.29 is 12.8 Å². The molecule has 1 atom stereocenters. The maximum Gasteiger partial charge on any atom is 0.244 e. The van der Waals surface area contributed by atoms with E-state index in [4.69, 9.17) is 4.42 Å². The molecule has 1 aliphatic carbocycles. The normalized spacial score (nSPS) is 17.1. The van der Waals surface area contributed by atoms with Gasteiger partial charge in [0.1, 0.15) is 16.4 Å². The number of hydrogen-bond donors (Lipinski definition) is 2. The first-order valence-corrected chi connectivity index (χ1v) is 9.22. The molecule has 21 heavy (non-hydrogen) atoms. The summed E-state index contributed by atoms with van der Waals surface area (Å²) in [6.07, 6.45) is 3.48. The van der Waals surface area contributed by atoms with E-state index in [9.17, 15) is 8.42 Å². The Labute approximate surface area is 127 Å². The maximum absolute atomic E-state index is 12.4. The van der Waals surface area contributed by atoms with Crippen LogP contribution < -0.4 is 10.0 Å². The van der Waals surface area contributed by atoms with E-state index in [0.717, 1.165) is 13.0 Å². The molecule has 1 saturated carbocycles. The van der Waals surface area contributed by atoms with Crippen molar-refractivity contribution in [2.75, 3.05) is 13.1 Å². The fourth-order valence-electron chi connectivity index (χ4n) is 2.42. The van der Waals surface area contributed by atoms with Crippen LogP contribution in [-0.4, -0.2) is 21.5 Å². The second kappa shape index (κ2) is 6.94. The molecule has 1 fully saturated rings. The Bertz CT molecular complexity index is 561. The zero-order chi connectivity index (χ0) is 15.5. The molecule has 1 aliphatic rings. The van der Waals surface area contributed by atoms with Crippen molar-refractivity contribution >= 4 is 10.0 Å². The third kappa shape index (κ3) is 4.56. The molecule has 120 valence electrons. The van der Waals surface area contributed by atoms with Crippen LogP contribution in [0.2, 0.25) is 0 Å². The minimum atomic E-state index is -3.47. The molecule has 2 rings (SSSR count). The largest absolute Gasteiger partial charge is 0.464 e. The van der Waals surface area contributed by atoms with E-state index in [1.54, 1.807) is 13.0 Å². The van der Waals surface area contributed by atoms with Gasteiger partial charge < -0.3 is 9.73 Å². The smallest absolute Gasteiger partial charge is 0.244 e. The summed E-state index contributed by atoms with van der Waals surface area (Å²) in [5.74, 6) is 2.20. The number of nitrogens with one attached hydrogen (secondary N) is 2. The minimum Gasteiger partial charge on any atom is -0.464 e. The molecular formula is C15H26N2O3S. The topological polar surface area (TPSA) is 71.3 Å². The Morgan fingerprint density at radius 1 is 1.43 bits per heavy atom. The van der Waals surface area contributed by atoms with E-state index in [0.29, 0.717) is 36.4 Å². The van der Waals surface area contributed by atoms with Crippen LogP contribution in [0.3, 0.4) is 0 Å². The van der Waals surface area contributed by atoms with Crippen molar-refractivity contribution in [2.45, 2.75) is 51.5 Å². The van der Waals surface area contributed by atoms with Gasteiger partial charge in [0.25, 0.3) is 0 Å². The highest BCUT2D eigenvalue weighted by atomic mass is 32.2. The van der Waals surface area contributed by atoms with Gasteiger partial charge in [0.2, 0.25) is 10.0 Å². The van der Waals surface area contributed by atoms with Crippen molar-refractivity contribution in [3.05, 3.63) is 17.6 Å². The SMILES string of the molecule is CCCNCc1cc(S(=O)(=O)NCC(C)C2CC2)c(C)o1.